The second-order valence-electron chi connectivity index (χ2n) is 4.89. The van der Waals surface area contributed by atoms with Gasteiger partial charge in [0.15, 0.2) is 10.6 Å². The van der Waals surface area contributed by atoms with Crippen LogP contribution in [0, 0.1) is 6.92 Å². The number of aliphatic hydroxyl groups is 1. The van der Waals surface area contributed by atoms with E-state index in [1.807, 2.05) is 35.8 Å². The molecule has 2 aromatic rings. The molecular weight excluding hydrogens is 300 g/mol. The fraction of sp³-hybridized carbons (Fsp3) is 0.375. The van der Waals surface area contributed by atoms with Crippen molar-refractivity contribution in [3.05, 3.63) is 39.6 Å². The van der Waals surface area contributed by atoms with Crippen molar-refractivity contribution in [2.45, 2.75) is 26.8 Å². The van der Waals surface area contributed by atoms with Crippen LogP contribution in [0.4, 0.5) is 5.69 Å². The summed E-state index contributed by atoms with van der Waals surface area (Å²) in [7, 11) is 1.62. The maximum atomic E-state index is 11.7. The van der Waals surface area contributed by atoms with Crippen LogP contribution >= 0.6 is 11.3 Å². The Balaban J connectivity index is 2.48. The lowest BCUT2D eigenvalue weighted by Crippen LogP contribution is -2.17. The Kier molecular flexibility index (Phi) is 5.51. The first-order valence-corrected chi connectivity index (χ1v) is 7.89. The van der Waals surface area contributed by atoms with Crippen LogP contribution in [-0.4, -0.2) is 29.2 Å². The third-order valence-corrected chi connectivity index (χ3v) is 4.60. The van der Waals surface area contributed by atoms with Gasteiger partial charge in [-0.25, -0.2) is 4.99 Å². The molecule has 0 radical (unpaired) electrons. The Morgan fingerprint density at radius 2 is 2.05 bits per heavy atom. The minimum absolute atomic E-state index is 0.0384. The molecule has 0 spiro atoms. The average Bonchev–Trinajstić information content (AvgIpc) is 2.82. The summed E-state index contributed by atoms with van der Waals surface area (Å²) in [4.78, 5) is 17.8. The summed E-state index contributed by atoms with van der Waals surface area (Å²) in [5, 5.41) is 9.05. The van der Waals surface area contributed by atoms with Gasteiger partial charge < -0.3 is 14.4 Å². The van der Waals surface area contributed by atoms with Gasteiger partial charge in [0.1, 0.15) is 5.75 Å². The van der Waals surface area contributed by atoms with Gasteiger partial charge in [0.25, 0.3) is 0 Å². The zero-order valence-corrected chi connectivity index (χ0v) is 13.8. The quantitative estimate of drug-likeness (QED) is 0.832. The van der Waals surface area contributed by atoms with Crippen LogP contribution < -0.4 is 9.54 Å². The molecule has 0 aliphatic rings. The van der Waals surface area contributed by atoms with Gasteiger partial charge in [-0.15, -0.1) is 0 Å². The molecule has 0 amide bonds. The van der Waals surface area contributed by atoms with Crippen molar-refractivity contribution in [1.82, 2.24) is 4.57 Å². The van der Waals surface area contributed by atoms with Gasteiger partial charge in [-0.2, -0.15) is 0 Å². The van der Waals surface area contributed by atoms with E-state index in [0.29, 0.717) is 17.8 Å². The van der Waals surface area contributed by atoms with E-state index in [1.165, 1.54) is 11.3 Å². The molecule has 118 valence electrons. The van der Waals surface area contributed by atoms with Crippen molar-refractivity contribution in [2.24, 2.45) is 4.99 Å². The normalized spacial score (nSPS) is 11.7. The summed E-state index contributed by atoms with van der Waals surface area (Å²) in [5.74, 6) is 0.815. The molecule has 1 aromatic heterocycles. The summed E-state index contributed by atoms with van der Waals surface area (Å²) in [5.41, 5.74) is 1.70. The Bertz CT molecular complexity index is 714. The number of nitrogens with zero attached hydrogens (tertiary/aromatic N) is 2. The molecule has 2 rings (SSSR count). The Labute approximate surface area is 133 Å². The second kappa shape index (κ2) is 7.38. The van der Waals surface area contributed by atoms with Gasteiger partial charge in [-0.3, -0.25) is 4.79 Å². The number of methoxy groups -OCH3 is 1. The van der Waals surface area contributed by atoms with Crippen LogP contribution in [-0.2, 0) is 6.54 Å². The summed E-state index contributed by atoms with van der Waals surface area (Å²) in [6.07, 6.45) is 0.630. The molecule has 1 heterocycles. The number of carbonyl (C=O) groups excluding carboxylic acids is 1. The lowest BCUT2D eigenvalue weighted by Gasteiger charge is -2.05. The number of benzene rings is 1. The van der Waals surface area contributed by atoms with Crippen molar-refractivity contribution in [3.8, 4) is 5.75 Å². The minimum Gasteiger partial charge on any atom is -0.497 e. The van der Waals surface area contributed by atoms with Crippen LogP contribution in [0.25, 0.3) is 0 Å². The molecule has 0 fully saturated rings. The van der Waals surface area contributed by atoms with E-state index in [9.17, 15) is 4.79 Å². The highest BCUT2D eigenvalue weighted by Crippen LogP contribution is 2.19. The average molecular weight is 320 g/mol. The van der Waals surface area contributed by atoms with Crippen LogP contribution in [0.1, 0.15) is 28.7 Å². The van der Waals surface area contributed by atoms with E-state index in [-0.39, 0.29) is 12.4 Å². The largest absolute Gasteiger partial charge is 0.497 e. The van der Waals surface area contributed by atoms with Gasteiger partial charge in [-0.1, -0.05) is 11.3 Å². The van der Waals surface area contributed by atoms with Crippen LogP contribution in [0.5, 0.6) is 5.75 Å². The predicted molar refractivity (Wildman–Crippen MR) is 87.0 cm³/mol. The number of aliphatic hydroxyl groups excluding tert-OH is 1. The number of Topliss-reactive ketones (excluding diaryl/α,β-unsaturated/α-hetero) is 1. The molecule has 0 atom stereocenters. The molecule has 0 unspecified atom stereocenters. The molecule has 0 saturated carbocycles. The van der Waals surface area contributed by atoms with E-state index in [1.54, 1.807) is 14.0 Å². The zero-order valence-electron chi connectivity index (χ0n) is 13.0. The van der Waals surface area contributed by atoms with Gasteiger partial charge in [0.05, 0.1) is 17.7 Å². The smallest absolute Gasteiger partial charge is 0.190 e. The summed E-state index contributed by atoms with van der Waals surface area (Å²) in [6.45, 7) is 4.23. The number of carbonyl (C=O) groups is 1. The number of hydrogen-bond acceptors (Lipinski definition) is 5. The van der Waals surface area contributed by atoms with E-state index >= 15 is 0 Å². The van der Waals surface area contributed by atoms with Crippen LogP contribution in [0.3, 0.4) is 0 Å². The number of ketones is 1. The molecule has 1 aromatic carbocycles. The van der Waals surface area contributed by atoms with Gasteiger partial charge in [0.2, 0.25) is 0 Å². The SMILES string of the molecule is COc1ccc(N=c2sc(C(C)=O)c(C)n2CCCO)cc1. The van der Waals surface area contributed by atoms with Gasteiger partial charge in [-0.05, 0) is 37.6 Å². The van der Waals surface area contributed by atoms with Gasteiger partial charge in [0, 0.05) is 25.8 Å². The second-order valence-corrected chi connectivity index (χ2v) is 5.87. The molecule has 0 saturated heterocycles. The number of rotatable bonds is 6. The van der Waals surface area contributed by atoms with Crippen molar-refractivity contribution in [1.29, 1.82) is 0 Å². The summed E-state index contributed by atoms with van der Waals surface area (Å²) < 4.78 is 7.12. The minimum atomic E-state index is 0.0384. The first-order chi connectivity index (χ1) is 10.6. The van der Waals surface area contributed by atoms with Crippen molar-refractivity contribution in [3.63, 3.8) is 0 Å². The molecule has 5 nitrogen and oxygen atoms in total. The Morgan fingerprint density at radius 3 is 2.59 bits per heavy atom. The molecule has 0 aliphatic heterocycles. The lowest BCUT2D eigenvalue weighted by atomic mass is 10.3. The number of thiazole rings is 1. The van der Waals surface area contributed by atoms with Crippen LogP contribution in [0.15, 0.2) is 29.3 Å². The molecule has 6 heteroatoms. The number of hydrogen-bond donors (Lipinski definition) is 1. The number of ether oxygens (including phenoxy) is 1. The highest BCUT2D eigenvalue weighted by Gasteiger charge is 2.13. The third-order valence-electron chi connectivity index (χ3n) is 3.31. The van der Waals surface area contributed by atoms with Crippen LogP contribution in [0.2, 0.25) is 0 Å². The predicted octanol–water partition coefficient (Wildman–Crippen LogP) is 2.68. The monoisotopic (exact) mass is 320 g/mol. The zero-order chi connectivity index (χ0) is 16.1. The van der Waals surface area contributed by atoms with E-state index in [4.69, 9.17) is 9.84 Å². The summed E-state index contributed by atoms with van der Waals surface area (Å²) in [6, 6.07) is 7.45. The summed E-state index contributed by atoms with van der Waals surface area (Å²) >= 11 is 1.38. The van der Waals surface area contributed by atoms with E-state index in [2.05, 4.69) is 4.99 Å². The molecular formula is C16H20N2O3S. The van der Waals surface area contributed by atoms with E-state index in [0.717, 1.165) is 21.9 Å². The van der Waals surface area contributed by atoms with Crippen molar-refractivity contribution < 1.29 is 14.6 Å². The fourth-order valence-electron chi connectivity index (χ4n) is 2.16. The lowest BCUT2D eigenvalue weighted by molar-refractivity contribution is 0.102. The number of aromatic nitrogens is 1. The van der Waals surface area contributed by atoms with Crippen molar-refractivity contribution >= 4 is 22.8 Å². The standard InChI is InChI=1S/C16H20N2O3S/c1-11-15(12(2)20)22-16(18(11)9-4-10-19)17-13-5-7-14(21-3)8-6-13/h5-8,19H,4,9-10H2,1-3H3. The Hall–Kier alpha value is -1.92. The van der Waals surface area contributed by atoms with Gasteiger partial charge >= 0.3 is 0 Å². The van der Waals surface area contributed by atoms with E-state index < -0.39 is 0 Å². The maximum Gasteiger partial charge on any atom is 0.190 e. The molecule has 1 N–H and O–H groups in total. The molecule has 22 heavy (non-hydrogen) atoms. The highest BCUT2D eigenvalue weighted by atomic mass is 32.1. The molecule has 0 bridgehead atoms. The Morgan fingerprint density at radius 1 is 1.36 bits per heavy atom. The maximum absolute atomic E-state index is 11.7. The first-order valence-electron chi connectivity index (χ1n) is 7.07. The fourth-order valence-corrected chi connectivity index (χ4v) is 3.23. The molecule has 0 aliphatic carbocycles. The van der Waals surface area contributed by atoms with Crippen molar-refractivity contribution in [2.75, 3.05) is 13.7 Å². The topological polar surface area (TPSA) is 63.8 Å². The third kappa shape index (κ3) is 3.64. The highest BCUT2D eigenvalue weighted by molar-refractivity contribution is 7.11. The first kappa shape index (κ1) is 16.5.